The maximum absolute atomic E-state index is 12.6. The normalized spacial score (nSPS) is 22.9. The molecule has 0 heterocycles. The van der Waals surface area contributed by atoms with Gasteiger partial charge in [-0.2, -0.15) is 13.2 Å². The molecule has 3 nitrogen and oxygen atoms in total. The van der Waals surface area contributed by atoms with Crippen molar-refractivity contribution in [3.8, 4) is 0 Å². The second-order valence-electron chi connectivity index (χ2n) is 5.55. The lowest BCUT2D eigenvalue weighted by molar-refractivity contribution is -0.184. The Balaban J connectivity index is 2.01. The van der Waals surface area contributed by atoms with Crippen LogP contribution in [0.5, 0.6) is 0 Å². The van der Waals surface area contributed by atoms with Crippen LogP contribution in [0.4, 0.5) is 24.5 Å². The predicted molar refractivity (Wildman–Crippen MR) is 75.8 cm³/mol. The molecule has 2 rings (SSSR count). The Morgan fingerprint density at radius 3 is 2.29 bits per heavy atom. The van der Waals surface area contributed by atoms with Crippen molar-refractivity contribution >= 4 is 17.3 Å². The van der Waals surface area contributed by atoms with Crippen LogP contribution in [0, 0.1) is 11.8 Å². The van der Waals surface area contributed by atoms with E-state index in [9.17, 15) is 18.0 Å². The Bertz CT molecular complexity index is 508. The van der Waals surface area contributed by atoms with E-state index in [1.807, 2.05) is 0 Å². The van der Waals surface area contributed by atoms with Crippen molar-refractivity contribution in [3.05, 3.63) is 24.3 Å². The average molecular weight is 300 g/mol. The highest BCUT2D eigenvalue weighted by Crippen LogP contribution is 2.40. The van der Waals surface area contributed by atoms with Gasteiger partial charge < -0.3 is 10.6 Å². The van der Waals surface area contributed by atoms with Gasteiger partial charge in [0, 0.05) is 13.0 Å². The largest absolute Gasteiger partial charge is 0.397 e. The number of amides is 1. The van der Waals surface area contributed by atoms with Crippen LogP contribution in [0.25, 0.3) is 0 Å². The first kappa shape index (κ1) is 15.7. The number of benzene rings is 1. The van der Waals surface area contributed by atoms with Gasteiger partial charge in [0.1, 0.15) is 0 Å². The standard InChI is InChI=1S/C15H19F3N2O/c1-20(13-5-3-2-4-12(13)19)14(21)10-6-8-11(9-7-10)15(16,17)18/h2-5,10-11H,6-9,19H2,1H3. The van der Waals surface area contributed by atoms with E-state index < -0.39 is 12.1 Å². The van der Waals surface area contributed by atoms with Crippen molar-refractivity contribution in [1.29, 1.82) is 0 Å². The fourth-order valence-corrected chi connectivity index (χ4v) is 2.85. The summed E-state index contributed by atoms with van der Waals surface area (Å²) in [6.07, 6.45) is -3.54. The summed E-state index contributed by atoms with van der Waals surface area (Å²) in [6, 6.07) is 6.97. The molecule has 0 radical (unpaired) electrons. The van der Waals surface area contributed by atoms with E-state index in [0.29, 0.717) is 11.4 Å². The minimum atomic E-state index is -4.15. The van der Waals surface area contributed by atoms with Crippen LogP contribution in [0.2, 0.25) is 0 Å². The van der Waals surface area contributed by atoms with E-state index in [-0.39, 0.29) is 37.5 Å². The summed E-state index contributed by atoms with van der Waals surface area (Å²) < 4.78 is 37.9. The fourth-order valence-electron chi connectivity index (χ4n) is 2.85. The molecule has 0 unspecified atom stereocenters. The van der Waals surface area contributed by atoms with Gasteiger partial charge in [0.05, 0.1) is 17.3 Å². The van der Waals surface area contributed by atoms with E-state index in [0.717, 1.165) is 0 Å². The first-order valence-electron chi connectivity index (χ1n) is 6.99. The summed E-state index contributed by atoms with van der Waals surface area (Å²) in [6.45, 7) is 0. The number of nitrogen functional groups attached to an aromatic ring is 1. The van der Waals surface area contributed by atoms with Crippen molar-refractivity contribution in [1.82, 2.24) is 0 Å². The van der Waals surface area contributed by atoms with Crippen molar-refractivity contribution in [3.63, 3.8) is 0 Å². The van der Waals surface area contributed by atoms with E-state index in [2.05, 4.69) is 0 Å². The molecule has 1 aromatic carbocycles. The highest BCUT2D eigenvalue weighted by atomic mass is 19.4. The lowest BCUT2D eigenvalue weighted by Gasteiger charge is -2.31. The lowest BCUT2D eigenvalue weighted by atomic mass is 9.81. The number of hydrogen-bond acceptors (Lipinski definition) is 2. The van der Waals surface area contributed by atoms with E-state index in [1.54, 1.807) is 31.3 Å². The molecule has 1 aromatic rings. The van der Waals surface area contributed by atoms with Gasteiger partial charge in [-0.3, -0.25) is 4.79 Å². The number of alkyl halides is 3. The molecular formula is C15H19F3N2O. The second kappa shape index (κ2) is 5.95. The Kier molecular flexibility index (Phi) is 4.44. The van der Waals surface area contributed by atoms with Gasteiger partial charge in [0.2, 0.25) is 5.91 Å². The van der Waals surface area contributed by atoms with Gasteiger partial charge in [-0.05, 0) is 37.8 Å². The van der Waals surface area contributed by atoms with Crippen molar-refractivity contribution in [2.24, 2.45) is 11.8 Å². The predicted octanol–water partition coefficient (Wildman–Crippen LogP) is 3.60. The van der Waals surface area contributed by atoms with E-state index >= 15 is 0 Å². The topological polar surface area (TPSA) is 46.3 Å². The number of halogens is 3. The first-order valence-corrected chi connectivity index (χ1v) is 6.99. The third kappa shape index (κ3) is 3.49. The quantitative estimate of drug-likeness (QED) is 0.848. The number of carbonyl (C=O) groups is 1. The highest BCUT2D eigenvalue weighted by molar-refractivity contribution is 5.97. The highest BCUT2D eigenvalue weighted by Gasteiger charge is 2.42. The zero-order valence-electron chi connectivity index (χ0n) is 11.9. The minimum Gasteiger partial charge on any atom is -0.397 e. The second-order valence-corrected chi connectivity index (χ2v) is 5.55. The van der Waals surface area contributed by atoms with Gasteiger partial charge in [-0.25, -0.2) is 0 Å². The maximum atomic E-state index is 12.6. The third-order valence-electron chi connectivity index (χ3n) is 4.17. The molecule has 21 heavy (non-hydrogen) atoms. The van der Waals surface area contributed by atoms with Crippen LogP contribution < -0.4 is 10.6 Å². The molecule has 0 bridgehead atoms. The van der Waals surface area contributed by atoms with Crippen molar-refractivity contribution in [2.75, 3.05) is 17.7 Å². The molecule has 1 saturated carbocycles. The molecule has 0 aromatic heterocycles. The number of hydrogen-bond donors (Lipinski definition) is 1. The number of nitrogens with two attached hydrogens (primary N) is 1. The van der Waals surface area contributed by atoms with E-state index in [1.165, 1.54) is 4.90 Å². The van der Waals surface area contributed by atoms with E-state index in [4.69, 9.17) is 5.73 Å². The number of para-hydroxylation sites is 2. The molecule has 0 aliphatic heterocycles. The van der Waals surface area contributed by atoms with Crippen LogP contribution in [0.3, 0.4) is 0 Å². The molecule has 1 aliphatic carbocycles. The Morgan fingerprint density at radius 2 is 1.76 bits per heavy atom. The SMILES string of the molecule is CN(C(=O)C1CCC(C(F)(F)F)CC1)c1ccccc1N. The molecular weight excluding hydrogens is 281 g/mol. The number of nitrogens with zero attached hydrogens (tertiary/aromatic N) is 1. The Labute approximate surface area is 121 Å². The molecule has 1 fully saturated rings. The zero-order valence-corrected chi connectivity index (χ0v) is 11.9. The van der Waals surface area contributed by atoms with Crippen LogP contribution in [-0.2, 0) is 4.79 Å². The lowest BCUT2D eigenvalue weighted by Crippen LogP contribution is -2.37. The smallest absolute Gasteiger partial charge is 0.391 e. The Hall–Kier alpha value is -1.72. The van der Waals surface area contributed by atoms with Crippen LogP contribution >= 0.6 is 0 Å². The van der Waals surface area contributed by atoms with Crippen LogP contribution in [-0.4, -0.2) is 19.1 Å². The number of anilines is 2. The summed E-state index contributed by atoms with van der Waals surface area (Å²) in [5.41, 5.74) is 6.91. The number of carbonyl (C=O) groups excluding carboxylic acids is 1. The number of rotatable bonds is 2. The fraction of sp³-hybridized carbons (Fsp3) is 0.533. The van der Waals surface area contributed by atoms with Crippen LogP contribution in [0.1, 0.15) is 25.7 Å². The van der Waals surface area contributed by atoms with Gasteiger partial charge in [0.15, 0.2) is 0 Å². The van der Waals surface area contributed by atoms with Crippen molar-refractivity contribution < 1.29 is 18.0 Å². The summed E-state index contributed by atoms with van der Waals surface area (Å²) in [5.74, 6) is -1.78. The van der Waals surface area contributed by atoms with Gasteiger partial charge >= 0.3 is 6.18 Å². The molecule has 2 N–H and O–H groups in total. The summed E-state index contributed by atoms with van der Waals surface area (Å²) in [7, 11) is 1.61. The minimum absolute atomic E-state index is 0.0258. The van der Waals surface area contributed by atoms with Crippen molar-refractivity contribution in [2.45, 2.75) is 31.9 Å². The summed E-state index contributed by atoms with van der Waals surface area (Å²) >= 11 is 0. The van der Waals surface area contributed by atoms with Gasteiger partial charge in [0.25, 0.3) is 0 Å². The van der Waals surface area contributed by atoms with Crippen LogP contribution in [0.15, 0.2) is 24.3 Å². The first-order chi connectivity index (χ1) is 9.80. The zero-order chi connectivity index (χ0) is 15.6. The molecule has 116 valence electrons. The molecule has 0 spiro atoms. The molecule has 0 saturated heterocycles. The molecule has 1 amide bonds. The third-order valence-corrected chi connectivity index (χ3v) is 4.17. The maximum Gasteiger partial charge on any atom is 0.391 e. The average Bonchev–Trinajstić information content (AvgIpc) is 2.45. The van der Waals surface area contributed by atoms with Gasteiger partial charge in [-0.15, -0.1) is 0 Å². The van der Waals surface area contributed by atoms with Gasteiger partial charge in [-0.1, -0.05) is 12.1 Å². The molecule has 6 heteroatoms. The molecule has 0 atom stereocenters. The molecule has 1 aliphatic rings. The summed E-state index contributed by atoms with van der Waals surface area (Å²) in [5, 5.41) is 0. The monoisotopic (exact) mass is 300 g/mol. The Morgan fingerprint density at radius 1 is 1.19 bits per heavy atom. The summed E-state index contributed by atoms with van der Waals surface area (Å²) in [4.78, 5) is 13.8.